The van der Waals surface area contributed by atoms with Crippen LogP contribution in [0.1, 0.15) is 33.6 Å². The van der Waals surface area contributed by atoms with Crippen molar-refractivity contribution in [3.8, 4) is 11.4 Å². The van der Waals surface area contributed by atoms with E-state index in [1.54, 1.807) is 0 Å². The number of amides is 1. The number of thioether (sulfide) groups is 1. The van der Waals surface area contributed by atoms with Crippen LogP contribution < -0.4 is 5.32 Å². The first kappa shape index (κ1) is 20.2. The summed E-state index contributed by atoms with van der Waals surface area (Å²) in [6.45, 7) is 7.37. The van der Waals surface area contributed by atoms with E-state index in [1.165, 1.54) is 11.8 Å². The summed E-state index contributed by atoms with van der Waals surface area (Å²) in [7, 11) is 0. The molecule has 2 aromatic rings. The fourth-order valence-corrected chi connectivity index (χ4v) is 3.82. The zero-order chi connectivity index (χ0) is 19.4. The molecule has 1 amide bonds. The van der Waals surface area contributed by atoms with E-state index in [4.69, 9.17) is 16.3 Å². The molecule has 0 saturated carbocycles. The van der Waals surface area contributed by atoms with Crippen LogP contribution >= 0.6 is 23.4 Å². The number of ether oxygens (including phenoxy) is 1. The van der Waals surface area contributed by atoms with Crippen molar-refractivity contribution < 1.29 is 9.53 Å². The van der Waals surface area contributed by atoms with Gasteiger partial charge < -0.3 is 10.1 Å². The number of halogens is 1. The van der Waals surface area contributed by atoms with Crippen molar-refractivity contribution in [1.29, 1.82) is 0 Å². The van der Waals surface area contributed by atoms with Crippen molar-refractivity contribution in [2.45, 2.75) is 57.0 Å². The Morgan fingerprint density at radius 2 is 2.07 bits per heavy atom. The van der Waals surface area contributed by atoms with Gasteiger partial charge in [0.1, 0.15) is 0 Å². The number of hydrogen-bond acceptors (Lipinski definition) is 5. The lowest BCUT2D eigenvalue weighted by Crippen LogP contribution is -2.41. The molecule has 0 radical (unpaired) electrons. The Morgan fingerprint density at radius 3 is 2.70 bits per heavy atom. The van der Waals surface area contributed by atoms with Crippen LogP contribution in [-0.2, 0) is 16.1 Å². The van der Waals surface area contributed by atoms with Crippen LogP contribution in [0.4, 0.5) is 0 Å². The highest BCUT2D eigenvalue weighted by Crippen LogP contribution is 2.27. The molecule has 27 heavy (non-hydrogen) atoms. The third-order valence-corrected chi connectivity index (χ3v) is 5.29. The van der Waals surface area contributed by atoms with Crippen LogP contribution in [-0.4, -0.2) is 44.7 Å². The molecule has 6 nitrogen and oxygen atoms in total. The summed E-state index contributed by atoms with van der Waals surface area (Å²) >= 11 is 7.40. The Bertz CT molecular complexity index is 780. The summed E-state index contributed by atoms with van der Waals surface area (Å²) in [5.74, 6) is 1.04. The maximum absolute atomic E-state index is 12.2. The average molecular weight is 409 g/mol. The van der Waals surface area contributed by atoms with E-state index in [9.17, 15) is 4.79 Å². The van der Waals surface area contributed by atoms with Crippen molar-refractivity contribution >= 4 is 29.3 Å². The summed E-state index contributed by atoms with van der Waals surface area (Å²) in [4.78, 5) is 12.2. The fourth-order valence-electron chi connectivity index (χ4n) is 2.95. The van der Waals surface area contributed by atoms with Crippen molar-refractivity contribution in [2.75, 3.05) is 12.4 Å². The van der Waals surface area contributed by atoms with E-state index in [2.05, 4.69) is 15.5 Å². The first-order valence-corrected chi connectivity index (χ1v) is 10.4. The molecule has 1 saturated heterocycles. The number of nitrogens with one attached hydrogen (secondary N) is 1. The van der Waals surface area contributed by atoms with Crippen LogP contribution in [0, 0.1) is 0 Å². The van der Waals surface area contributed by atoms with Crippen LogP contribution in [0.3, 0.4) is 0 Å². The monoisotopic (exact) mass is 408 g/mol. The second-order valence-electron chi connectivity index (χ2n) is 7.65. The quantitative estimate of drug-likeness (QED) is 0.736. The van der Waals surface area contributed by atoms with E-state index < -0.39 is 0 Å². The average Bonchev–Trinajstić information content (AvgIpc) is 3.23. The number of carbonyl (C=O) groups excluding carboxylic acids is 1. The lowest BCUT2D eigenvalue weighted by Gasteiger charge is -2.20. The van der Waals surface area contributed by atoms with Crippen LogP contribution in [0.5, 0.6) is 0 Å². The Morgan fingerprint density at radius 1 is 1.33 bits per heavy atom. The van der Waals surface area contributed by atoms with Crippen LogP contribution in [0.15, 0.2) is 29.4 Å². The highest BCUT2D eigenvalue weighted by atomic mass is 35.5. The predicted molar refractivity (Wildman–Crippen MR) is 108 cm³/mol. The smallest absolute Gasteiger partial charge is 0.230 e. The molecule has 0 spiro atoms. The first-order valence-electron chi connectivity index (χ1n) is 9.06. The Balaban J connectivity index is 1.80. The van der Waals surface area contributed by atoms with Crippen LogP contribution in [0.2, 0.25) is 5.02 Å². The zero-order valence-electron chi connectivity index (χ0n) is 15.9. The summed E-state index contributed by atoms with van der Waals surface area (Å²) in [5.41, 5.74) is 0.688. The number of benzene rings is 1. The zero-order valence-corrected chi connectivity index (χ0v) is 17.4. The molecule has 8 heteroatoms. The second kappa shape index (κ2) is 8.63. The molecule has 1 aromatic carbocycles. The molecular weight excluding hydrogens is 384 g/mol. The third-order valence-electron chi connectivity index (χ3n) is 4.08. The van der Waals surface area contributed by atoms with Gasteiger partial charge in [0.05, 0.1) is 18.4 Å². The molecule has 1 N–H and O–H groups in total. The van der Waals surface area contributed by atoms with E-state index in [0.29, 0.717) is 17.3 Å². The van der Waals surface area contributed by atoms with Gasteiger partial charge in [-0.15, -0.1) is 10.2 Å². The highest BCUT2D eigenvalue weighted by molar-refractivity contribution is 7.99. The molecule has 1 aliphatic rings. The fraction of sp³-hybridized carbons (Fsp3) is 0.526. The number of rotatable bonds is 6. The molecule has 0 aliphatic carbocycles. The largest absolute Gasteiger partial charge is 0.376 e. The summed E-state index contributed by atoms with van der Waals surface area (Å²) in [6.07, 6.45) is 2.24. The van der Waals surface area contributed by atoms with Gasteiger partial charge in [0.2, 0.25) is 5.91 Å². The molecule has 0 bridgehead atoms. The summed E-state index contributed by atoms with van der Waals surface area (Å²) < 4.78 is 7.85. The minimum absolute atomic E-state index is 0.0211. The van der Waals surface area contributed by atoms with Crippen molar-refractivity contribution in [3.63, 3.8) is 0 Å². The van der Waals surface area contributed by atoms with Gasteiger partial charge in [0, 0.05) is 22.7 Å². The number of carbonyl (C=O) groups is 1. The SMILES string of the molecule is CC(C)(C)NC(=O)CSc1nnc(-c2ccc(Cl)cc2)n1C[C@@H]1CCCO1. The van der Waals surface area contributed by atoms with Gasteiger partial charge in [-0.1, -0.05) is 23.4 Å². The molecule has 1 aliphatic heterocycles. The standard InChI is InChI=1S/C19H25ClN4O2S/c1-19(2,3)21-16(25)12-27-18-23-22-17(13-6-8-14(20)9-7-13)24(18)11-15-5-4-10-26-15/h6-9,15H,4-5,10-12H2,1-3H3,(H,21,25)/t15-/m0/s1. The molecule has 146 valence electrons. The normalized spacial score (nSPS) is 17.3. The molecule has 1 atom stereocenters. The number of nitrogens with zero attached hydrogens (tertiary/aromatic N) is 3. The van der Waals surface area contributed by atoms with Crippen molar-refractivity contribution in [1.82, 2.24) is 20.1 Å². The van der Waals surface area contributed by atoms with E-state index in [1.807, 2.05) is 49.6 Å². The Hall–Kier alpha value is -1.57. The minimum Gasteiger partial charge on any atom is -0.376 e. The van der Waals surface area contributed by atoms with Crippen molar-refractivity contribution in [3.05, 3.63) is 29.3 Å². The van der Waals surface area contributed by atoms with Crippen molar-refractivity contribution in [2.24, 2.45) is 0 Å². The van der Waals surface area contributed by atoms with Gasteiger partial charge in [-0.2, -0.15) is 0 Å². The summed E-state index contributed by atoms with van der Waals surface area (Å²) in [5, 5.41) is 13.1. The van der Waals surface area contributed by atoms with Gasteiger partial charge in [0.25, 0.3) is 0 Å². The lowest BCUT2D eigenvalue weighted by molar-refractivity contribution is -0.119. The van der Waals surface area contributed by atoms with Gasteiger partial charge in [0.15, 0.2) is 11.0 Å². The molecule has 2 heterocycles. The predicted octanol–water partition coefficient (Wildman–Crippen LogP) is 3.78. The molecule has 1 aromatic heterocycles. The topological polar surface area (TPSA) is 69.0 Å². The van der Waals surface area contributed by atoms with Gasteiger partial charge in [-0.25, -0.2) is 0 Å². The maximum Gasteiger partial charge on any atom is 0.230 e. The number of aromatic nitrogens is 3. The van der Waals surface area contributed by atoms with Crippen LogP contribution in [0.25, 0.3) is 11.4 Å². The van der Waals surface area contributed by atoms with E-state index >= 15 is 0 Å². The Labute approximate surface area is 169 Å². The molecular formula is C19H25ClN4O2S. The Kier molecular flexibility index (Phi) is 6.44. The first-order chi connectivity index (χ1) is 12.8. The highest BCUT2D eigenvalue weighted by Gasteiger charge is 2.22. The van der Waals surface area contributed by atoms with Gasteiger partial charge in [-0.3, -0.25) is 9.36 Å². The molecule has 1 fully saturated rings. The van der Waals surface area contributed by atoms with E-state index in [-0.39, 0.29) is 17.6 Å². The van der Waals surface area contributed by atoms with Gasteiger partial charge >= 0.3 is 0 Å². The molecule has 3 rings (SSSR count). The van der Waals surface area contributed by atoms with E-state index in [0.717, 1.165) is 36.0 Å². The van der Waals surface area contributed by atoms with Gasteiger partial charge in [-0.05, 0) is 57.9 Å². The minimum atomic E-state index is -0.253. The third kappa shape index (κ3) is 5.70. The maximum atomic E-state index is 12.2. The summed E-state index contributed by atoms with van der Waals surface area (Å²) in [6, 6.07) is 7.54. The molecule has 0 unspecified atom stereocenters. The lowest BCUT2D eigenvalue weighted by atomic mass is 10.1. The number of hydrogen-bond donors (Lipinski definition) is 1. The second-order valence-corrected chi connectivity index (χ2v) is 9.02.